The van der Waals surface area contributed by atoms with Crippen molar-refractivity contribution < 1.29 is 23.2 Å². The van der Waals surface area contributed by atoms with E-state index in [1.54, 1.807) is 35.7 Å². The van der Waals surface area contributed by atoms with Crippen molar-refractivity contribution in [1.82, 2.24) is 10.6 Å². The second-order valence-electron chi connectivity index (χ2n) is 7.78. The third kappa shape index (κ3) is 5.31. The molecule has 172 valence electrons. The van der Waals surface area contributed by atoms with Crippen LogP contribution in [-0.4, -0.2) is 30.3 Å². The number of carbonyl (C=O) groups is 3. The standard InChI is InChI=1S/C24H24FN3O4S/c25-17-9-3-4-10-18(17)28(21(29)15-26-23(30)20-12-6-14-33-20)22(19-11-5-13-32-19)24(31)27-16-7-1-2-8-16/h3-6,9-14,16,22H,1-2,7-8,15H2,(H,26,30)(H,27,31)/t22-/m1/s1. The number of carbonyl (C=O) groups excluding carboxylic acids is 3. The summed E-state index contributed by atoms with van der Waals surface area (Å²) in [6.45, 7) is -0.418. The Morgan fingerprint density at radius 2 is 1.88 bits per heavy atom. The molecule has 3 amide bonds. The fourth-order valence-electron chi connectivity index (χ4n) is 3.97. The molecule has 1 atom stereocenters. The van der Waals surface area contributed by atoms with Gasteiger partial charge in [0.2, 0.25) is 5.91 Å². The maximum Gasteiger partial charge on any atom is 0.261 e. The number of anilines is 1. The van der Waals surface area contributed by atoms with Crippen molar-refractivity contribution >= 4 is 34.7 Å². The Morgan fingerprint density at radius 1 is 1.09 bits per heavy atom. The SMILES string of the molecule is O=C(NCC(=O)N(c1ccccc1F)[C@@H](C(=O)NC1CCCC1)c1ccco1)c1cccs1. The molecule has 1 aliphatic carbocycles. The number of hydrogen-bond acceptors (Lipinski definition) is 5. The molecule has 0 unspecified atom stereocenters. The van der Waals surface area contributed by atoms with E-state index in [1.807, 2.05) is 0 Å². The molecule has 0 aliphatic heterocycles. The van der Waals surface area contributed by atoms with Gasteiger partial charge in [-0.15, -0.1) is 11.3 Å². The maximum atomic E-state index is 14.9. The molecule has 4 rings (SSSR count). The minimum absolute atomic E-state index is 0.00827. The van der Waals surface area contributed by atoms with Crippen LogP contribution in [0.1, 0.15) is 47.2 Å². The van der Waals surface area contributed by atoms with Gasteiger partial charge < -0.3 is 15.1 Å². The molecule has 9 heteroatoms. The summed E-state index contributed by atoms with van der Waals surface area (Å²) in [5, 5.41) is 7.29. The number of nitrogens with one attached hydrogen (secondary N) is 2. The van der Waals surface area contributed by atoms with E-state index < -0.39 is 36.1 Å². The zero-order valence-corrected chi connectivity index (χ0v) is 18.6. The molecule has 0 saturated heterocycles. The van der Waals surface area contributed by atoms with Crippen LogP contribution in [0.4, 0.5) is 10.1 Å². The molecule has 2 aromatic heterocycles. The van der Waals surface area contributed by atoms with Crippen LogP contribution < -0.4 is 15.5 Å². The van der Waals surface area contributed by atoms with Gasteiger partial charge >= 0.3 is 0 Å². The van der Waals surface area contributed by atoms with Crippen molar-refractivity contribution in [1.29, 1.82) is 0 Å². The highest BCUT2D eigenvalue weighted by molar-refractivity contribution is 7.12. The van der Waals surface area contributed by atoms with E-state index in [0.717, 1.165) is 30.6 Å². The van der Waals surface area contributed by atoms with Gasteiger partial charge in [-0.05, 0) is 48.6 Å². The molecule has 0 bridgehead atoms. The molecule has 1 aromatic carbocycles. The number of rotatable bonds is 8. The molecule has 3 aromatic rings. The van der Waals surface area contributed by atoms with E-state index >= 15 is 0 Å². The average Bonchev–Trinajstić information content (AvgIpc) is 3.59. The van der Waals surface area contributed by atoms with E-state index in [2.05, 4.69) is 10.6 Å². The van der Waals surface area contributed by atoms with E-state index in [1.165, 1.54) is 35.8 Å². The second kappa shape index (κ2) is 10.4. The average molecular weight is 470 g/mol. The first-order valence-electron chi connectivity index (χ1n) is 10.8. The van der Waals surface area contributed by atoms with Crippen LogP contribution in [-0.2, 0) is 9.59 Å². The lowest BCUT2D eigenvalue weighted by Gasteiger charge is -2.31. The topological polar surface area (TPSA) is 91.7 Å². The van der Waals surface area contributed by atoms with Gasteiger partial charge in [-0.2, -0.15) is 0 Å². The molecule has 2 heterocycles. The van der Waals surface area contributed by atoms with E-state index in [-0.39, 0.29) is 17.5 Å². The zero-order valence-electron chi connectivity index (χ0n) is 17.8. The van der Waals surface area contributed by atoms with Gasteiger partial charge in [-0.25, -0.2) is 4.39 Å². The quantitative estimate of drug-likeness (QED) is 0.521. The number of para-hydroxylation sites is 1. The lowest BCUT2D eigenvalue weighted by molar-refractivity contribution is -0.127. The first-order valence-corrected chi connectivity index (χ1v) is 11.6. The zero-order chi connectivity index (χ0) is 23.2. The fraction of sp³-hybridized carbons (Fsp3) is 0.292. The number of benzene rings is 1. The molecular formula is C24H24FN3O4S. The monoisotopic (exact) mass is 469 g/mol. The van der Waals surface area contributed by atoms with Gasteiger partial charge in [-0.3, -0.25) is 19.3 Å². The van der Waals surface area contributed by atoms with Crippen LogP contribution >= 0.6 is 11.3 Å². The predicted octanol–water partition coefficient (Wildman–Crippen LogP) is 4.04. The van der Waals surface area contributed by atoms with Gasteiger partial charge in [0.15, 0.2) is 6.04 Å². The van der Waals surface area contributed by atoms with Crippen molar-refractivity contribution in [3.8, 4) is 0 Å². The molecular weight excluding hydrogens is 445 g/mol. The predicted molar refractivity (Wildman–Crippen MR) is 122 cm³/mol. The first-order chi connectivity index (χ1) is 16.0. The first kappa shape index (κ1) is 22.7. The van der Waals surface area contributed by atoms with Gasteiger partial charge in [0.05, 0.1) is 23.4 Å². The summed E-state index contributed by atoms with van der Waals surface area (Å²) >= 11 is 1.24. The van der Waals surface area contributed by atoms with Crippen LogP contribution in [0.25, 0.3) is 0 Å². The van der Waals surface area contributed by atoms with Gasteiger partial charge in [0.25, 0.3) is 11.8 Å². The summed E-state index contributed by atoms with van der Waals surface area (Å²) in [6.07, 6.45) is 5.12. The lowest BCUT2D eigenvalue weighted by atomic mass is 10.1. The molecule has 0 radical (unpaired) electrons. The Balaban J connectivity index is 1.65. The van der Waals surface area contributed by atoms with Crippen molar-refractivity contribution in [3.05, 3.63) is 76.6 Å². The summed E-state index contributed by atoms with van der Waals surface area (Å²) in [5.74, 6) is -1.99. The molecule has 1 fully saturated rings. The highest BCUT2D eigenvalue weighted by Gasteiger charge is 2.37. The van der Waals surface area contributed by atoms with Crippen LogP contribution in [0.15, 0.2) is 64.6 Å². The van der Waals surface area contributed by atoms with Crippen LogP contribution in [0, 0.1) is 5.82 Å². The third-order valence-corrected chi connectivity index (χ3v) is 6.42. The number of thiophene rings is 1. The number of nitrogens with zero attached hydrogens (tertiary/aromatic N) is 1. The van der Waals surface area contributed by atoms with Crippen LogP contribution in [0.3, 0.4) is 0 Å². The summed E-state index contributed by atoms with van der Waals surface area (Å²) in [7, 11) is 0. The molecule has 1 saturated carbocycles. The van der Waals surface area contributed by atoms with E-state index in [9.17, 15) is 18.8 Å². The Bertz CT molecular complexity index is 1090. The van der Waals surface area contributed by atoms with Crippen molar-refractivity contribution in [2.45, 2.75) is 37.8 Å². The lowest BCUT2D eigenvalue weighted by Crippen LogP contribution is -2.49. The minimum Gasteiger partial charge on any atom is -0.467 e. The fourth-order valence-corrected chi connectivity index (χ4v) is 4.61. The van der Waals surface area contributed by atoms with Crippen LogP contribution in [0.5, 0.6) is 0 Å². The minimum atomic E-state index is -1.23. The normalized spacial score (nSPS) is 14.6. The molecule has 33 heavy (non-hydrogen) atoms. The number of amides is 3. The number of hydrogen-bond donors (Lipinski definition) is 2. The molecule has 1 aliphatic rings. The van der Waals surface area contributed by atoms with Crippen molar-refractivity contribution in [2.75, 3.05) is 11.4 Å². The van der Waals surface area contributed by atoms with Gasteiger partial charge in [0.1, 0.15) is 11.6 Å². The third-order valence-electron chi connectivity index (χ3n) is 5.55. The number of halogens is 1. The van der Waals surface area contributed by atoms with Gasteiger partial charge in [-0.1, -0.05) is 31.0 Å². The summed E-state index contributed by atoms with van der Waals surface area (Å²) < 4.78 is 20.3. The summed E-state index contributed by atoms with van der Waals surface area (Å²) in [5.41, 5.74) is -0.0733. The summed E-state index contributed by atoms with van der Waals surface area (Å²) in [6, 6.07) is 11.0. The smallest absolute Gasteiger partial charge is 0.261 e. The van der Waals surface area contributed by atoms with E-state index in [0.29, 0.717) is 4.88 Å². The number of furan rings is 1. The van der Waals surface area contributed by atoms with Crippen molar-refractivity contribution in [3.63, 3.8) is 0 Å². The highest BCUT2D eigenvalue weighted by atomic mass is 32.1. The Morgan fingerprint density at radius 3 is 2.55 bits per heavy atom. The molecule has 0 spiro atoms. The summed E-state index contributed by atoms with van der Waals surface area (Å²) in [4.78, 5) is 40.6. The molecule has 2 N–H and O–H groups in total. The largest absolute Gasteiger partial charge is 0.467 e. The van der Waals surface area contributed by atoms with Gasteiger partial charge in [0, 0.05) is 6.04 Å². The Hall–Kier alpha value is -3.46. The second-order valence-corrected chi connectivity index (χ2v) is 8.73. The van der Waals surface area contributed by atoms with Crippen LogP contribution in [0.2, 0.25) is 0 Å². The molecule has 7 nitrogen and oxygen atoms in total. The van der Waals surface area contributed by atoms with Crippen molar-refractivity contribution in [2.24, 2.45) is 0 Å². The Labute approximate surface area is 194 Å². The highest BCUT2D eigenvalue weighted by Crippen LogP contribution is 2.31. The van der Waals surface area contributed by atoms with E-state index in [4.69, 9.17) is 4.42 Å². The Kier molecular flexibility index (Phi) is 7.19. The maximum absolute atomic E-state index is 14.9.